The summed E-state index contributed by atoms with van der Waals surface area (Å²) < 4.78 is 21.6. The second-order valence-electron chi connectivity index (χ2n) is 5.73. The predicted molar refractivity (Wildman–Crippen MR) is 96.4 cm³/mol. The van der Waals surface area contributed by atoms with Crippen molar-refractivity contribution in [3.63, 3.8) is 0 Å². The van der Waals surface area contributed by atoms with Crippen molar-refractivity contribution in [1.82, 2.24) is 19.6 Å². The van der Waals surface area contributed by atoms with Crippen LogP contribution < -0.4 is 10.1 Å². The molecule has 0 spiro atoms. The maximum Gasteiger partial charge on any atom is 0.254 e. The summed E-state index contributed by atoms with van der Waals surface area (Å²) in [5.41, 5.74) is 1.60. The molecule has 0 unspecified atom stereocenters. The molecule has 0 saturated carbocycles. The van der Waals surface area contributed by atoms with Gasteiger partial charge >= 0.3 is 0 Å². The van der Waals surface area contributed by atoms with E-state index in [0.29, 0.717) is 28.6 Å². The summed E-state index contributed by atoms with van der Waals surface area (Å²) in [4.78, 5) is 8.32. The zero-order chi connectivity index (χ0) is 18.8. The van der Waals surface area contributed by atoms with Gasteiger partial charge in [-0.3, -0.25) is 0 Å². The molecule has 1 N–H and O–H groups in total. The third kappa shape index (κ3) is 3.26. The number of anilines is 2. The quantitative estimate of drug-likeness (QED) is 0.592. The zero-order valence-electron chi connectivity index (χ0n) is 14.2. The first-order chi connectivity index (χ1) is 13.1. The lowest BCUT2D eigenvalue weighted by molar-refractivity contribution is 0.441. The van der Waals surface area contributed by atoms with Crippen LogP contribution in [0.5, 0.6) is 11.5 Å². The minimum absolute atomic E-state index is 0.0278. The van der Waals surface area contributed by atoms with Crippen LogP contribution in [0.1, 0.15) is 11.3 Å². The van der Waals surface area contributed by atoms with Crippen LogP contribution in [0, 0.1) is 24.1 Å². The molecule has 0 aliphatic carbocycles. The van der Waals surface area contributed by atoms with Gasteiger partial charge in [0.05, 0.1) is 5.56 Å². The average molecular weight is 360 g/mol. The smallest absolute Gasteiger partial charge is 0.254 e. The van der Waals surface area contributed by atoms with Crippen molar-refractivity contribution in [2.45, 2.75) is 6.92 Å². The number of halogens is 1. The molecule has 8 heteroatoms. The normalized spacial score (nSPS) is 10.6. The first-order valence-corrected chi connectivity index (χ1v) is 8.05. The van der Waals surface area contributed by atoms with Crippen LogP contribution in [0.2, 0.25) is 0 Å². The lowest BCUT2D eigenvalue weighted by Gasteiger charge is -2.11. The number of aromatic nitrogens is 4. The zero-order valence-corrected chi connectivity index (χ0v) is 14.2. The van der Waals surface area contributed by atoms with Gasteiger partial charge in [0.1, 0.15) is 24.0 Å². The molecule has 0 atom stereocenters. The second kappa shape index (κ2) is 6.72. The Morgan fingerprint density at radius 1 is 1.15 bits per heavy atom. The molecule has 0 bridgehead atoms. The Labute approximate surface area is 153 Å². The largest absolute Gasteiger partial charge is 0.453 e. The highest BCUT2D eigenvalue weighted by molar-refractivity contribution is 5.60. The molecule has 4 aromatic rings. The SMILES string of the molecule is Cc1cc(Nc2ccc(Oc3ccccc3C#N)c(F)c2)n2ncnc2n1. The predicted octanol–water partition coefficient (Wildman–Crippen LogP) is 3.98. The van der Waals surface area contributed by atoms with Crippen molar-refractivity contribution in [3.05, 3.63) is 71.9 Å². The van der Waals surface area contributed by atoms with E-state index in [2.05, 4.69) is 20.4 Å². The van der Waals surface area contributed by atoms with Crippen LogP contribution >= 0.6 is 0 Å². The fourth-order valence-corrected chi connectivity index (χ4v) is 2.60. The molecule has 0 aliphatic heterocycles. The lowest BCUT2D eigenvalue weighted by Crippen LogP contribution is -2.03. The topological polar surface area (TPSA) is 88.1 Å². The van der Waals surface area contributed by atoms with E-state index in [4.69, 9.17) is 10.00 Å². The molecular weight excluding hydrogens is 347 g/mol. The van der Waals surface area contributed by atoms with Crippen molar-refractivity contribution in [1.29, 1.82) is 5.26 Å². The van der Waals surface area contributed by atoms with Gasteiger partial charge in [0.25, 0.3) is 5.78 Å². The minimum atomic E-state index is -0.562. The van der Waals surface area contributed by atoms with Gasteiger partial charge in [-0.05, 0) is 31.2 Å². The van der Waals surface area contributed by atoms with Gasteiger partial charge in [0, 0.05) is 23.5 Å². The number of nitrogens with one attached hydrogen (secondary N) is 1. The molecular formula is C19H13FN6O. The Balaban J connectivity index is 1.62. The van der Waals surface area contributed by atoms with E-state index in [9.17, 15) is 4.39 Å². The highest BCUT2D eigenvalue weighted by Crippen LogP contribution is 2.29. The summed E-state index contributed by atoms with van der Waals surface area (Å²) in [6, 6.07) is 14.9. The Kier molecular flexibility index (Phi) is 4.10. The first-order valence-electron chi connectivity index (χ1n) is 8.05. The molecule has 4 rings (SSSR count). The van der Waals surface area contributed by atoms with Gasteiger partial charge in [0.15, 0.2) is 11.6 Å². The van der Waals surface area contributed by atoms with Gasteiger partial charge in [-0.15, -0.1) is 0 Å². The third-order valence-electron chi connectivity index (χ3n) is 3.81. The van der Waals surface area contributed by atoms with Crippen molar-refractivity contribution in [2.75, 3.05) is 5.32 Å². The van der Waals surface area contributed by atoms with Crippen molar-refractivity contribution in [3.8, 4) is 17.6 Å². The highest BCUT2D eigenvalue weighted by atomic mass is 19.1. The van der Waals surface area contributed by atoms with Crippen LogP contribution in [0.3, 0.4) is 0 Å². The van der Waals surface area contributed by atoms with Gasteiger partial charge in [0.2, 0.25) is 0 Å². The van der Waals surface area contributed by atoms with Gasteiger partial charge in [-0.1, -0.05) is 12.1 Å². The standard InChI is InChI=1S/C19H13FN6O/c1-12-8-18(26-19(24-12)22-11-23-26)25-14-6-7-17(15(20)9-14)27-16-5-3-2-4-13(16)10-21/h2-9,11,25H,1H3. The van der Waals surface area contributed by atoms with Crippen LogP contribution in [0.15, 0.2) is 54.9 Å². The maximum absolute atomic E-state index is 14.5. The molecule has 0 aliphatic rings. The number of aryl methyl sites for hydroxylation is 1. The van der Waals surface area contributed by atoms with E-state index in [1.807, 2.05) is 13.0 Å². The van der Waals surface area contributed by atoms with E-state index >= 15 is 0 Å². The molecule has 7 nitrogen and oxygen atoms in total. The van der Waals surface area contributed by atoms with E-state index in [-0.39, 0.29) is 5.75 Å². The summed E-state index contributed by atoms with van der Waals surface area (Å²) in [6.07, 6.45) is 1.40. The van der Waals surface area contributed by atoms with E-state index in [1.165, 1.54) is 23.0 Å². The monoisotopic (exact) mass is 360 g/mol. The summed E-state index contributed by atoms with van der Waals surface area (Å²) >= 11 is 0. The van der Waals surface area contributed by atoms with Gasteiger partial charge in [-0.25, -0.2) is 9.37 Å². The Bertz CT molecular complexity index is 1180. The molecule has 0 fully saturated rings. The number of nitrogens with zero attached hydrogens (tertiary/aromatic N) is 5. The molecule has 0 saturated heterocycles. The Morgan fingerprint density at radius 3 is 2.81 bits per heavy atom. The lowest BCUT2D eigenvalue weighted by atomic mass is 10.2. The summed E-state index contributed by atoms with van der Waals surface area (Å²) in [5, 5.41) is 16.3. The summed E-state index contributed by atoms with van der Waals surface area (Å²) in [6.45, 7) is 1.84. The fourth-order valence-electron chi connectivity index (χ4n) is 2.60. The Morgan fingerprint density at radius 2 is 2.00 bits per heavy atom. The van der Waals surface area contributed by atoms with E-state index < -0.39 is 5.82 Å². The molecule has 27 heavy (non-hydrogen) atoms. The summed E-state index contributed by atoms with van der Waals surface area (Å²) in [7, 11) is 0. The molecule has 0 amide bonds. The summed E-state index contributed by atoms with van der Waals surface area (Å²) in [5.74, 6) is 0.825. The number of fused-ring (bicyclic) bond motifs is 1. The fraction of sp³-hybridized carbons (Fsp3) is 0.0526. The molecule has 0 radical (unpaired) electrons. The van der Waals surface area contributed by atoms with Crippen molar-refractivity contribution < 1.29 is 9.13 Å². The van der Waals surface area contributed by atoms with Crippen LogP contribution in [-0.4, -0.2) is 19.6 Å². The molecule has 2 heterocycles. The molecule has 132 valence electrons. The van der Waals surface area contributed by atoms with Crippen LogP contribution in [0.25, 0.3) is 5.78 Å². The van der Waals surface area contributed by atoms with Crippen LogP contribution in [0.4, 0.5) is 15.9 Å². The van der Waals surface area contributed by atoms with Crippen molar-refractivity contribution in [2.24, 2.45) is 0 Å². The maximum atomic E-state index is 14.5. The number of rotatable bonds is 4. The van der Waals surface area contributed by atoms with Gasteiger partial charge in [-0.2, -0.15) is 19.9 Å². The number of nitriles is 1. The second-order valence-corrected chi connectivity index (χ2v) is 5.73. The van der Waals surface area contributed by atoms with Crippen LogP contribution in [-0.2, 0) is 0 Å². The first kappa shape index (κ1) is 16.5. The minimum Gasteiger partial charge on any atom is -0.453 e. The number of hydrogen-bond acceptors (Lipinski definition) is 6. The number of ether oxygens (including phenoxy) is 1. The third-order valence-corrected chi connectivity index (χ3v) is 3.81. The average Bonchev–Trinajstić information content (AvgIpc) is 3.13. The molecule has 2 aromatic heterocycles. The van der Waals surface area contributed by atoms with Crippen molar-refractivity contribution >= 4 is 17.3 Å². The molecule has 2 aromatic carbocycles. The van der Waals surface area contributed by atoms with E-state index in [0.717, 1.165) is 5.69 Å². The highest BCUT2D eigenvalue weighted by Gasteiger charge is 2.11. The number of benzene rings is 2. The van der Waals surface area contributed by atoms with Gasteiger partial charge < -0.3 is 10.1 Å². The number of hydrogen-bond donors (Lipinski definition) is 1. The Hall–Kier alpha value is -3.99. The van der Waals surface area contributed by atoms with E-state index in [1.54, 1.807) is 36.4 Å². The number of para-hydroxylation sites is 1.